The van der Waals surface area contributed by atoms with Crippen LogP contribution in [0.25, 0.3) is 0 Å². The normalized spacial score (nSPS) is 33.6. The molecule has 5 heterocycles. The molecule has 0 bridgehead atoms. The van der Waals surface area contributed by atoms with Crippen molar-refractivity contribution in [2.45, 2.75) is 135 Å². The molecule has 0 aromatic rings. The second-order valence-corrected chi connectivity index (χ2v) is 25.3. The standard InChI is InChI=1S/C34H55NO47S7.10Na/c1-64-16-14(11(7-68-83(43,44)45)70-31(24(16)79-86(52,53)54)72-13-9(28(37)38)5-35-6-10(13)36)73-33-26(81-88(58,59)60)18(66-3)20(22(76-33)29(39)40)75-32-25(80-87(55,56)57)17(65-2)15(12(71-32)8-69-84(46,47)48)74-34-27(82-89(61,62)63)19(67-4)21(78-85(49,50)51)23(77-34)30(41)42;;;;;;;;;;/h9-27,31-36H,5-8H2,1-4H3,(H,37,38)(H,39,40)(H,41,42)(H,43,44,45)(H,46,47,48)(H,49,50,51)(H,52,53,54)(H,55,56,57)(H,58,59,60)(H,61,62,63);;;;;;;;;;/q;10*+1/p-10/t9-,10+,11+,12+,13+,14+,15+,16-,17-,18-,19-,20-,21-,22+,23+,24+,25+,26+,27+,31+,32+,33+,34+;;;;;;;;;;/m0........../s1. The topological polar surface area (TPSA) is 728 Å². The van der Waals surface area contributed by atoms with Gasteiger partial charge in [0.1, 0.15) is 73.2 Å². The number of β-amino-alcohol motifs (C(OH)–C–C–N with tert-alkyl or cyclic N) is 1. The van der Waals surface area contributed by atoms with Gasteiger partial charge in [-0.05, 0) is 0 Å². The molecular weight excluding hydrogens is 1630 g/mol. The first kappa shape index (κ1) is 117. The molecule has 5 fully saturated rings. The van der Waals surface area contributed by atoms with Crippen LogP contribution in [0.2, 0.25) is 0 Å². The molecule has 48 nitrogen and oxygen atoms in total. The zero-order valence-electron chi connectivity index (χ0n) is 54.2. The Bertz CT molecular complexity index is 3330. The molecule has 23 atom stereocenters. The van der Waals surface area contributed by atoms with Crippen LogP contribution in [0.15, 0.2) is 0 Å². The number of aliphatic hydroxyl groups excluding tert-OH is 1. The van der Waals surface area contributed by atoms with E-state index in [0.29, 0.717) is 28.4 Å². The maximum Gasteiger partial charge on any atom is 1.00 e. The molecule has 5 rings (SSSR count). The predicted molar refractivity (Wildman–Crippen MR) is 239 cm³/mol. The molecule has 0 amide bonds. The number of rotatable bonds is 31. The van der Waals surface area contributed by atoms with Crippen molar-refractivity contribution in [1.82, 2.24) is 5.32 Å². The minimum Gasteiger partial charge on any atom is -0.726 e. The van der Waals surface area contributed by atoms with E-state index < -0.39 is 258 Å². The molecule has 520 valence electrons. The van der Waals surface area contributed by atoms with Crippen LogP contribution in [0.1, 0.15) is 0 Å². The summed E-state index contributed by atoms with van der Waals surface area (Å²) in [5.41, 5.74) is 0. The summed E-state index contributed by atoms with van der Waals surface area (Å²) >= 11 is 0. The van der Waals surface area contributed by atoms with E-state index >= 15 is 0 Å². The van der Waals surface area contributed by atoms with Crippen molar-refractivity contribution < 1.29 is 507 Å². The molecule has 0 unspecified atom stereocenters. The maximum absolute atomic E-state index is 13.2. The third-order valence-corrected chi connectivity index (χ3v) is 15.7. The summed E-state index contributed by atoms with van der Waals surface area (Å²) in [5, 5.41) is 50.7. The molecule has 65 heteroatoms. The summed E-state index contributed by atoms with van der Waals surface area (Å²) in [5.74, 6) is -9.10. The number of carboxylic acid groups (broad SMARTS) is 3. The molecular formula is C34H45NNa10O47S7. The predicted octanol–water partition coefficient (Wildman–Crippen LogP) is -45.5. The van der Waals surface area contributed by atoms with Crippen molar-refractivity contribution in [2.75, 3.05) is 54.7 Å². The van der Waals surface area contributed by atoms with Crippen molar-refractivity contribution in [3.05, 3.63) is 0 Å². The van der Waals surface area contributed by atoms with Gasteiger partial charge in [0.25, 0.3) is 0 Å². The monoisotopic (exact) mass is 1670 g/mol. The third kappa shape index (κ3) is 36.8. The average molecular weight is 1670 g/mol. The van der Waals surface area contributed by atoms with Crippen LogP contribution < -0.4 is 316 Å². The van der Waals surface area contributed by atoms with E-state index in [1.54, 1.807) is 0 Å². The minimum atomic E-state index is -6.39. The molecule has 0 saturated carbocycles. The van der Waals surface area contributed by atoms with Crippen LogP contribution in [-0.2, 0) is 173 Å². The van der Waals surface area contributed by atoms with Gasteiger partial charge in [-0.2, -0.15) is 0 Å². The average Bonchev–Trinajstić information content (AvgIpc) is 0.762. The Labute approximate surface area is 785 Å². The fraction of sp³-hybridized carbons (Fsp3) is 0.912. The van der Waals surface area contributed by atoms with Gasteiger partial charge in [-0.25, -0.2) is 58.9 Å². The fourth-order valence-electron chi connectivity index (χ4n) is 9.42. The zero-order chi connectivity index (χ0) is 67.5. The van der Waals surface area contributed by atoms with Gasteiger partial charge in [0.2, 0.25) is 72.8 Å². The second kappa shape index (κ2) is 49.8. The number of aliphatic carboxylic acids is 3. The summed E-state index contributed by atoms with van der Waals surface area (Å²) < 4.78 is 348. The van der Waals surface area contributed by atoms with Gasteiger partial charge >= 0.3 is 296 Å². The van der Waals surface area contributed by atoms with Crippen LogP contribution >= 0.6 is 0 Å². The maximum atomic E-state index is 13.2. The van der Waals surface area contributed by atoms with Crippen molar-refractivity contribution in [3.8, 4) is 0 Å². The summed E-state index contributed by atoms with van der Waals surface area (Å²) in [6, 6.07) is 0. The van der Waals surface area contributed by atoms with E-state index in [1.807, 2.05) is 0 Å². The second-order valence-electron chi connectivity index (χ2n) is 18.2. The first-order valence-electron chi connectivity index (χ1n) is 23.5. The third-order valence-electron chi connectivity index (χ3n) is 12.6. The molecule has 2 N–H and O–H groups in total. The largest absolute Gasteiger partial charge is 1.00 e. The Balaban J connectivity index is -0.00000216. The number of methoxy groups -OCH3 is 4. The van der Waals surface area contributed by atoms with Gasteiger partial charge in [-0.3, -0.25) is 29.3 Å². The van der Waals surface area contributed by atoms with Crippen LogP contribution in [0, 0.1) is 5.92 Å². The van der Waals surface area contributed by atoms with Crippen LogP contribution in [0.3, 0.4) is 0 Å². The Morgan fingerprint density at radius 2 is 0.606 bits per heavy atom. The van der Waals surface area contributed by atoms with Gasteiger partial charge in [0.05, 0.1) is 37.4 Å². The fourth-order valence-corrected chi connectivity index (χ4v) is 12.4. The summed E-state index contributed by atoms with van der Waals surface area (Å²) in [7, 11) is -41.2. The zero-order valence-corrected chi connectivity index (χ0v) is 79.9. The number of piperidine rings is 1. The molecule has 0 aromatic carbocycles. The van der Waals surface area contributed by atoms with E-state index in [0.717, 1.165) is 0 Å². The van der Waals surface area contributed by atoms with Crippen LogP contribution in [0.5, 0.6) is 0 Å². The number of carbonyl (C=O) groups is 3. The van der Waals surface area contributed by atoms with Crippen molar-refractivity contribution in [3.63, 3.8) is 0 Å². The number of carbonyl (C=O) groups excluding carboxylic acids is 3. The van der Waals surface area contributed by atoms with E-state index in [-0.39, 0.29) is 296 Å². The minimum absolute atomic E-state index is 0. The van der Waals surface area contributed by atoms with Gasteiger partial charge < -0.3 is 129 Å². The number of hydrogen-bond donors (Lipinski definition) is 2. The van der Waals surface area contributed by atoms with E-state index in [2.05, 4.69) is 34.6 Å². The van der Waals surface area contributed by atoms with E-state index in [4.69, 9.17) is 56.8 Å². The smallest absolute Gasteiger partial charge is 0.726 e. The van der Waals surface area contributed by atoms with Crippen LogP contribution in [0.4, 0.5) is 0 Å². The summed E-state index contributed by atoms with van der Waals surface area (Å²) in [4.78, 5) is 37.5. The molecule has 99 heavy (non-hydrogen) atoms. The van der Waals surface area contributed by atoms with Gasteiger partial charge in [-0.15, -0.1) is 0 Å². The Morgan fingerprint density at radius 3 is 0.879 bits per heavy atom. The molecule has 5 aliphatic heterocycles. The van der Waals surface area contributed by atoms with Crippen LogP contribution in [-0.4, -0.2) is 304 Å². The molecule has 5 aliphatic rings. The van der Waals surface area contributed by atoms with Gasteiger partial charge in [0, 0.05) is 53.4 Å². The number of ether oxygens (including phenoxy) is 12. The molecule has 0 radical (unpaired) electrons. The first-order valence-corrected chi connectivity index (χ1v) is 32.8. The van der Waals surface area contributed by atoms with Crippen molar-refractivity contribution in [1.29, 1.82) is 0 Å². The van der Waals surface area contributed by atoms with Crippen molar-refractivity contribution >= 4 is 90.7 Å². The quantitative estimate of drug-likeness (QED) is 0.0370. The Morgan fingerprint density at radius 1 is 0.354 bits per heavy atom. The summed E-state index contributed by atoms with van der Waals surface area (Å²) in [6.45, 7) is -4.65. The molecule has 5 saturated heterocycles. The van der Waals surface area contributed by atoms with Gasteiger partial charge in [0.15, 0.2) is 49.6 Å². The number of hydrogen-bond acceptors (Lipinski definition) is 48. The first-order chi connectivity index (χ1) is 40.7. The van der Waals surface area contributed by atoms with Gasteiger partial charge in [-0.1, -0.05) is 0 Å². The number of aliphatic hydroxyl groups is 1. The molecule has 0 aromatic heterocycles. The SMILES string of the molecule is CO[C@@H]1[C@@H](OS(=O)(=O)[O-])[C@@H](O[C@H]2[C@H](O)CNC[C@@H]2C(=O)[O-])O[C@H](COS(=O)(=O)[O-])[C@H]1O[C@@H]1O[C@@H](C(=O)[O-])[C@@H](O[C@H]2O[C@H](COS(=O)(=O)[O-])[C@@H](O[C@@H]3O[C@@H](C(=O)[O-])[C@@H](OS(=O)(=O)[O-])[C@H](OC)[C@H]3OS(=O)(=O)[O-])[C@H](OC)[C@H]2OS(=O)(=O)[O-])[C@H](OC)[C@H]1OS(=O)(=O)[O-].[Na+].[Na+].[Na+].[Na+].[Na+].[Na+].[Na+].[Na+].[Na+].[Na+]. The Hall–Kier alpha value is 6.94. The van der Waals surface area contributed by atoms with Crippen molar-refractivity contribution in [2.24, 2.45) is 5.92 Å². The van der Waals surface area contributed by atoms with E-state index in [1.165, 1.54) is 0 Å². The molecule has 0 spiro atoms. The number of carboxylic acids is 3. The number of nitrogens with one attached hydrogen (secondary N) is 1. The molecule has 0 aliphatic carbocycles. The van der Waals surface area contributed by atoms with E-state index in [9.17, 15) is 126 Å². The summed E-state index contributed by atoms with van der Waals surface area (Å²) in [6.07, 6.45) is -61.2. The Kier molecular flexibility index (Phi) is 58.7.